The number of nitrogens with one attached hydrogen (secondary N) is 1. The standard InChI is InChI=1S/C15H21ClN2O2/c1-10(17)5-6-11-9-12(7-8-13(11)16)18-14(19)20-15(2,3)4/h5-10H,17H2,1-4H3,(H,18,19)/b6-5+. The van der Waals surface area contributed by atoms with E-state index in [1.165, 1.54) is 0 Å². The van der Waals surface area contributed by atoms with Crippen LogP contribution in [0.4, 0.5) is 10.5 Å². The SMILES string of the molecule is CC(N)/C=C/c1cc(NC(=O)OC(C)(C)C)ccc1Cl. The first-order valence-corrected chi connectivity index (χ1v) is 6.78. The Labute approximate surface area is 124 Å². The van der Waals surface area contributed by atoms with Crippen molar-refractivity contribution in [3.05, 3.63) is 34.9 Å². The number of carbonyl (C=O) groups is 1. The van der Waals surface area contributed by atoms with Gasteiger partial charge in [0.05, 0.1) is 0 Å². The van der Waals surface area contributed by atoms with Gasteiger partial charge in [0, 0.05) is 16.8 Å². The quantitative estimate of drug-likeness (QED) is 0.884. The van der Waals surface area contributed by atoms with Crippen molar-refractivity contribution in [3.63, 3.8) is 0 Å². The Morgan fingerprint density at radius 2 is 2.10 bits per heavy atom. The number of rotatable bonds is 3. The third-order valence-electron chi connectivity index (χ3n) is 2.22. The fraction of sp³-hybridized carbons (Fsp3) is 0.400. The molecule has 1 aromatic rings. The molecule has 0 fully saturated rings. The average Bonchev–Trinajstić information content (AvgIpc) is 2.27. The van der Waals surface area contributed by atoms with E-state index in [1.54, 1.807) is 18.2 Å². The Morgan fingerprint density at radius 1 is 1.45 bits per heavy atom. The molecule has 1 aromatic carbocycles. The van der Waals surface area contributed by atoms with E-state index in [1.807, 2.05) is 39.8 Å². The number of amides is 1. The van der Waals surface area contributed by atoms with Crippen LogP contribution in [0.25, 0.3) is 6.08 Å². The van der Waals surface area contributed by atoms with Crippen molar-refractivity contribution in [1.29, 1.82) is 0 Å². The van der Waals surface area contributed by atoms with Crippen LogP contribution < -0.4 is 11.1 Å². The molecule has 0 aromatic heterocycles. The van der Waals surface area contributed by atoms with Gasteiger partial charge < -0.3 is 10.5 Å². The van der Waals surface area contributed by atoms with Crippen LogP contribution >= 0.6 is 11.6 Å². The lowest BCUT2D eigenvalue weighted by Gasteiger charge is -2.19. The number of benzene rings is 1. The van der Waals surface area contributed by atoms with Gasteiger partial charge in [-0.1, -0.05) is 23.8 Å². The molecule has 20 heavy (non-hydrogen) atoms. The predicted octanol–water partition coefficient (Wildman–Crippen LogP) is 4.05. The highest BCUT2D eigenvalue weighted by Crippen LogP contribution is 2.22. The summed E-state index contributed by atoms with van der Waals surface area (Å²) in [4.78, 5) is 11.7. The first-order valence-electron chi connectivity index (χ1n) is 6.41. The third-order valence-corrected chi connectivity index (χ3v) is 2.56. The molecular formula is C15H21ClN2O2. The summed E-state index contributed by atoms with van der Waals surface area (Å²) in [7, 11) is 0. The summed E-state index contributed by atoms with van der Waals surface area (Å²) in [6, 6.07) is 5.14. The zero-order valence-corrected chi connectivity index (χ0v) is 13.0. The van der Waals surface area contributed by atoms with E-state index in [-0.39, 0.29) is 6.04 Å². The predicted molar refractivity (Wildman–Crippen MR) is 84.0 cm³/mol. The van der Waals surface area contributed by atoms with Gasteiger partial charge >= 0.3 is 6.09 Å². The van der Waals surface area contributed by atoms with Crippen molar-refractivity contribution in [1.82, 2.24) is 0 Å². The molecule has 0 aliphatic rings. The van der Waals surface area contributed by atoms with Crippen LogP contribution in [0.1, 0.15) is 33.3 Å². The highest BCUT2D eigenvalue weighted by Gasteiger charge is 2.16. The largest absolute Gasteiger partial charge is 0.444 e. The van der Waals surface area contributed by atoms with Gasteiger partial charge in [0.15, 0.2) is 0 Å². The minimum atomic E-state index is -0.534. The molecule has 0 bridgehead atoms. The minimum Gasteiger partial charge on any atom is -0.444 e. The van der Waals surface area contributed by atoms with Crippen molar-refractivity contribution >= 4 is 29.5 Å². The normalized spacial score (nSPS) is 13.3. The van der Waals surface area contributed by atoms with E-state index in [0.29, 0.717) is 10.7 Å². The van der Waals surface area contributed by atoms with Crippen LogP contribution in [0.15, 0.2) is 24.3 Å². The summed E-state index contributed by atoms with van der Waals surface area (Å²) in [5, 5.41) is 3.26. The van der Waals surface area contributed by atoms with Gasteiger partial charge in [-0.2, -0.15) is 0 Å². The lowest BCUT2D eigenvalue weighted by atomic mass is 10.1. The lowest BCUT2D eigenvalue weighted by Crippen LogP contribution is -2.27. The molecule has 0 saturated carbocycles. The Morgan fingerprint density at radius 3 is 2.65 bits per heavy atom. The molecule has 1 unspecified atom stereocenters. The van der Waals surface area contributed by atoms with E-state index < -0.39 is 11.7 Å². The van der Waals surface area contributed by atoms with E-state index in [0.717, 1.165) is 5.56 Å². The molecule has 0 saturated heterocycles. The monoisotopic (exact) mass is 296 g/mol. The summed E-state index contributed by atoms with van der Waals surface area (Å²) in [6.07, 6.45) is 3.16. The Kier molecular flexibility index (Phi) is 5.60. The van der Waals surface area contributed by atoms with E-state index in [4.69, 9.17) is 22.1 Å². The molecule has 110 valence electrons. The fourth-order valence-electron chi connectivity index (χ4n) is 1.43. The molecule has 0 aliphatic carbocycles. The Balaban J connectivity index is 2.82. The van der Waals surface area contributed by atoms with Crippen molar-refractivity contribution in [2.24, 2.45) is 5.73 Å². The number of carbonyl (C=O) groups excluding carboxylic acids is 1. The summed E-state index contributed by atoms with van der Waals surface area (Å²) in [6.45, 7) is 7.30. The zero-order valence-electron chi connectivity index (χ0n) is 12.2. The topological polar surface area (TPSA) is 64.3 Å². The molecule has 1 amide bonds. The number of nitrogens with two attached hydrogens (primary N) is 1. The maximum Gasteiger partial charge on any atom is 0.412 e. The van der Waals surface area contributed by atoms with Crippen molar-refractivity contribution in [2.75, 3.05) is 5.32 Å². The third kappa shape index (κ3) is 6.08. The number of anilines is 1. The molecule has 0 aliphatic heterocycles. The number of hydrogen-bond acceptors (Lipinski definition) is 3. The second-order valence-corrected chi connectivity index (χ2v) is 5.99. The average molecular weight is 297 g/mol. The van der Waals surface area contributed by atoms with Gasteiger partial charge in [-0.15, -0.1) is 0 Å². The van der Waals surface area contributed by atoms with Gasteiger partial charge in [-0.3, -0.25) is 5.32 Å². The van der Waals surface area contributed by atoms with E-state index in [9.17, 15) is 4.79 Å². The maximum atomic E-state index is 11.7. The van der Waals surface area contributed by atoms with Gasteiger partial charge in [0.1, 0.15) is 5.60 Å². The molecule has 0 heterocycles. The number of ether oxygens (including phenoxy) is 1. The van der Waals surface area contributed by atoms with Gasteiger partial charge in [-0.25, -0.2) is 4.79 Å². The van der Waals surface area contributed by atoms with Crippen molar-refractivity contribution < 1.29 is 9.53 Å². The molecule has 1 atom stereocenters. The summed E-state index contributed by atoms with van der Waals surface area (Å²) >= 11 is 6.09. The zero-order chi connectivity index (χ0) is 15.3. The van der Waals surface area contributed by atoms with E-state index in [2.05, 4.69) is 5.32 Å². The number of hydrogen-bond donors (Lipinski definition) is 2. The van der Waals surface area contributed by atoms with Crippen LogP contribution in [-0.2, 0) is 4.74 Å². The smallest absolute Gasteiger partial charge is 0.412 e. The van der Waals surface area contributed by atoms with Crippen LogP contribution in [-0.4, -0.2) is 17.7 Å². The van der Waals surface area contributed by atoms with Crippen LogP contribution in [0.2, 0.25) is 5.02 Å². The van der Waals surface area contributed by atoms with Crippen LogP contribution in [0.5, 0.6) is 0 Å². The van der Waals surface area contributed by atoms with Gasteiger partial charge in [0.2, 0.25) is 0 Å². The van der Waals surface area contributed by atoms with E-state index >= 15 is 0 Å². The van der Waals surface area contributed by atoms with Crippen LogP contribution in [0, 0.1) is 0 Å². The second-order valence-electron chi connectivity index (χ2n) is 5.58. The number of halogens is 1. The first kappa shape index (κ1) is 16.5. The summed E-state index contributed by atoms with van der Waals surface area (Å²) in [5.74, 6) is 0. The highest BCUT2D eigenvalue weighted by atomic mass is 35.5. The molecule has 4 nitrogen and oxygen atoms in total. The fourth-order valence-corrected chi connectivity index (χ4v) is 1.61. The summed E-state index contributed by atoms with van der Waals surface area (Å²) < 4.78 is 5.19. The van der Waals surface area contributed by atoms with Gasteiger partial charge in [0.25, 0.3) is 0 Å². The van der Waals surface area contributed by atoms with Gasteiger partial charge in [-0.05, 0) is 51.5 Å². The molecule has 0 radical (unpaired) electrons. The van der Waals surface area contributed by atoms with Crippen LogP contribution in [0.3, 0.4) is 0 Å². The van der Waals surface area contributed by atoms with Crippen molar-refractivity contribution in [3.8, 4) is 0 Å². The molecular weight excluding hydrogens is 276 g/mol. The molecule has 5 heteroatoms. The minimum absolute atomic E-state index is 0.0615. The van der Waals surface area contributed by atoms with Crippen molar-refractivity contribution in [2.45, 2.75) is 39.3 Å². The Bertz CT molecular complexity index is 505. The Hall–Kier alpha value is -1.52. The highest BCUT2D eigenvalue weighted by molar-refractivity contribution is 6.32. The maximum absolute atomic E-state index is 11.7. The molecule has 1 rings (SSSR count). The second kappa shape index (κ2) is 6.77. The molecule has 0 spiro atoms. The molecule has 3 N–H and O–H groups in total. The summed E-state index contributed by atoms with van der Waals surface area (Å²) in [5.41, 5.74) is 6.53. The first-order chi connectivity index (χ1) is 9.17. The lowest BCUT2D eigenvalue weighted by molar-refractivity contribution is 0.0636.